The molecule has 0 spiro atoms. The molecule has 122 valence electrons. The first-order valence-electron chi connectivity index (χ1n) is 7.86. The lowest BCUT2D eigenvalue weighted by Gasteiger charge is -2.21. The van der Waals surface area contributed by atoms with Crippen LogP contribution in [0.5, 0.6) is 0 Å². The topological polar surface area (TPSA) is 55.8 Å². The highest BCUT2D eigenvalue weighted by Gasteiger charge is 2.28. The maximum atomic E-state index is 12.3. The van der Waals surface area contributed by atoms with Gasteiger partial charge in [-0.05, 0) is 37.5 Å². The third-order valence-electron chi connectivity index (χ3n) is 4.35. The molecule has 0 bridgehead atoms. The van der Waals surface area contributed by atoms with Crippen LogP contribution in [0, 0.1) is 12.8 Å². The minimum Gasteiger partial charge on any atom is -0.393 e. The molecule has 1 heterocycles. The molecule has 0 radical (unpaired) electrons. The van der Waals surface area contributed by atoms with Crippen molar-refractivity contribution in [3.63, 3.8) is 0 Å². The molecule has 2 amide bonds. The molecule has 0 saturated carbocycles. The Bertz CT molecular complexity index is 529. The van der Waals surface area contributed by atoms with Crippen molar-refractivity contribution in [1.82, 2.24) is 10.2 Å². The van der Waals surface area contributed by atoms with E-state index in [0.29, 0.717) is 13.1 Å². The van der Waals surface area contributed by atoms with Crippen molar-refractivity contribution in [2.24, 2.45) is 5.92 Å². The highest BCUT2D eigenvalue weighted by Crippen LogP contribution is 2.21. The summed E-state index contributed by atoms with van der Waals surface area (Å²) in [5.41, 5.74) is 3.44. The predicted octanol–water partition coefficient (Wildman–Crippen LogP) is 1.97. The summed E-state index contributed by atoms with van der Waals surface area (Å²) in [6.45, 7) is 5.73. The van der Waals surface area contributed by atoms with Gasteiger partial charge in [0, 0.05) is 45.3 Å². The number of rotatable bonds is 4. The van der Waals surface area contributed by atoms with Crippen molar-refractivity contribution < 1.29 is 9.90 Å². The predicted molar refractivity (Wildman–Crippen MR) is 89.1 cm³/mol. The van der Waals surface area contributed by atoms with Gasteiger partial charge in [-0.25, -0.2) is 4.79 Å². The summed E-state index contributed by atoms with van der Waals surface area (Å²) in [5.74, 6) is 0.197. The zero-order valence-corrected chi connectivity index (χ0v) is 14.0. The van der Waals surface area contributed by atoms with E-state index in [0.717, 1.165) is 24.2 Å². The Kier molecular flexibility index (Phi) is 5.29. The van der Waals surface area contributed by atoms with Crippen LogP contribution in [0.3, 0.4) is 0 Å². The normalized spacial score (nSPS) is 19.1. The summed E-state index contributed by atoms with van der Waals surface area (Å²) in [5, 5.41) is 12.6. The Hall–Kier alpha value is -1.75. The Morgan fingerprint density at radius 1 is 1.50 bits per heavy atom. The van der Waals surface area contributed by atoms with Crippen LogP contribution in [0.2, 0.25) is 0 Å². The van der Waals surface area contributed by atoms with Crippen LogP contribution < -0.4 is 10.2 Å². The van der Waals surface area contributed by atoms with E-state index >= 15 is 0 Å². The number of aliphatic hydroxyl groups is 1. The molecule has 1 aromatic rings. The zero-order valence-electron chi connectivity index (χ0n) is 14.0. The quantitative estimate of drug-likeness (QED) is 0.894. The van der Waals surface area contributed by atoms with Crippen LogP contribution >= 0.6 is 0 Å². The van der Waals surface area contributed by atoms with E-state index in [4.69, 9.17) is 0 Å². The molecular formula is C17H27N3O2. The fraction of sp³-hybridized carbons (Fsp3) is 0.588. The third kappa shape index (κ3) is 3.91. The molecule has 0 aromatic heterocycles. The summed E-state index contributed by atoms with van der Waals surface area (Å²) in [6.07, 6.45) is 0.522. The van der Waals surface area contributed by atoms with E-state index in [1.807, 2.05) is 14.1 Å². The van der Waals surface area contributed by atoms with Gasteiger partial charge in [-0.3, -0.25) is 0 Å². The van der Waals surface area contributed by atoms with Gasteiger partial charge >= 0.3 is 6.03 Å². The van der Waals surface area contributed by atoms with Crippen LogP contribution in [0.15, 0.2) is 18.2 Å². The number of amides is 2. The molecule has 1 aliphatic rings. The number of aryl methyl sites for hydroxylation is 1. The summed E-state index contributed by atoms with van der Waals surface area (Å²) < 4.78 is 0. The molecule has 5 nitrogen and oxygen atoms in total. The Labute approximate surface area is 132 Å². The van der Waals surface area contributed by atoms with Crippen LogP contribution in [0.25, 0.3) is 0 Å². The first-order valence-corrected chi connectivity index (χ1v) is 7.86. The molecule has 1 aromatic carbocycles. The van der Waals surface area contributed by atoms with Crippen molar-refractivity contribution in [2.75, 3.05) is 32.1 Å². The summed E-state index contributed by atoms with van der Waals surface area (Å²) in [7, 11) is 4.02. The minimum atomic E-state index is -0.352. The summed E-state index contributed by atoms with van der Waals surface area (Å²) in [6, 6.07) is 6.20. The number of benzene rings is 1. The number of nitrogens with one attached hydrogen (secondary N) is 1. The lowest BCUT2D eigenvalue weighted by atomic mass is 10.0. The fourth-order valence-electron chi connectivity index (χ4n) is 2.89. The van der Waals surface area contributed by atoms with E-state index in [-0.39, 0.29) is 18.1 Å². The smallest absolute Gasteiger partial charge is 0.317 e. The SMILES string of the molecule is Cc1ccc(CNC(=O)N2CC[C@H]([C@@H](C)O)C2)c(N(C)C)c1. The van der Waals surface area contributed by atoms with Crippen molar-refractivity contribution in [3.8, 4) is 0 Å². The Morgan fingerprint density at radius 2 is 2.23 bits per heavy atom. The van der Waals surface area contributed by atoms with E-state index in [2.05, 4.69) is 35.3 Å². The van der Waals surface area contributed by atoms with Crippen LogP contribution in [-0.4, -0.2) is 49.3 Å². The lowest BCUT2D eigenvalue weighted by Crippen LogP contribution is -2.38. The Balaban J connectivity index is 1.95. The van der Waals surface area contributed by atoms with Gasteiger partial charge < -0.3 is 20.2 Å². The highest BCUT2D eigenvalue weighted by atomic mass is 16.3. The van der Waals surface area contributed by atoms with Gasteiger partial charge in [-0.15, -0.1) is 0 Å². The number of carbonyl (C=O) groups excluding carboxylic acids is 1. The first-order chi connectivity index (χ1) is 10.4. The first kappa shape index (κ1) is 16.6. The molecule has 5 heteroatoms. The second-order valence-electron chi connectivity index (χ2n) is 6.42. The number of aliphatic hydroxyl groups excluding tert-OH is 1. The largest absolute Gasteiger partial charge is 0.393 e. The van der Waals surface area contributed by atoms with E-state index in [1.54, 1.807) is 11.8 Å². The molecule has 0 unspecified atom stereocenters. The summed E-state index contributed by atoms with van der Waals surface area (Å²) in [4.78, 5) is 16.1. The van der Waals surface area contributed by atoms with Crippen molar-refractivity contribution in [2.45, 2.75) is 32.9 Å². The molecule has 1 saturated heterocycles. The van der Waals surface area contributed by atoms with Crippen LogP contribution in [0.1, 0.15) is 24.5 Å². The number of nitrogens with zero attached hydrogens (tertiary/aromatic N) is 2. The molecule has 2 N–H and O–H groups in total. The number of hydrogen-bond donors (Lipinski definition) is 2. The van der Waals surface area contributed by atoms with Gasteiger partial charge in [-0.1, -0.05) is 12.1 Å². The van der Waals surface area contributed by atoms with E-state index in [9.17, 15) is 9.90 Å². The second-order valence-corrected chi connectivity index (χ2v) is 6.42. The van der Waals surface area contributed by atoms with E-state index < -0.39 is 0 Å². The maximum absolute atomic E-state index is 12.3. The number of likely N-dealkylation sites (tertiary alicyclic amines) is 1. The van der Waals surface area contributed by atoms with Crippen molar-refractivity contribution >= 4 is 11.7 Å². The molecule has 2 atom stereocenters. The van der Waals surface area contributed by atoms with E-state index in [1.165, 1.54) is 5.56 Å². The van der Waals surface area contributed by atoms with Gasteiger partial charge in [0.2, 0.25) is 0 Å². The fourth-order valence-corrected chi connectivity index (χ4v) is 2.89. The molecule has 1 aliphatic heterocycles. The number of carbonyl (C=O) groups is 1. The molecule has 2 rings (SSSR count). The third-order valence-corrected chi connectivity index (χ3v) is 4.35. The number of hydrogen-bond acceptors (Lipinski definition) is 3. The zero-order chi connectivity index (χ0) is 16.3. The van der Waals surface area contributed by atoms with Crippen molar-refractivity contribution in [3.05, 3.63) is 29.3 Å². The average Bonchev–Trinajstić information content (AvgIpc) is 2.95. The number of urea groups is 1. The second kappa shape index (κ2) is 7.01. The Morgan fingerprint density at radius 3 is 2.82 bits per heavy atom. The standard InChI is InChI=1S/C17H27N3O2/c1-12-5-6-14(16(9-12)19(3)4)10-18-17(22)20-8-7-15(11-20)13(2)21/h5-6,9,13,15,21H,7-8,10-11H2,1-4H3,(H,18,22)/t13-,15+/m1/s1. The average molecular weight is 305 g/mol. The van der Waals surface area contributed by atoms with Gasteiger partial charge in [-0.2, -0.15) is 0 Å². The lowest BCUT2D eigenvalue weighted by molar-refractivity contribution is 0.129. The highest BCUT2D eigenvalue weighted by molar-refractivity contribution is 5.74. The summed E-state index contributed by atoms with van der Waals surface area (Å²) >= 11 is 0. The molecule has 0 aliphatic carbocycles. The maximum Gasteiger partial charge on any atom is 0.317 e. The molecule has 22 heavy (non-hydrogen) atoms. The molecule has 1 fully saturated rings. The van der Waals surface area contributed by atoms with Crippen molar-refractivity contribution in [1.29, 1.82) is 0 Å². The monoisotopic (exact) mass is 305 g/mol. The van der Waals surface area contributed by atoms with Crippen LogP contribution in [0.4, 0.5) is 10.5 Å². The van der Waals surface area contributed by atoms with Gasteiger partial charge in [0.1, 0.15) is 0 Å². The van der Waals surface area contributed by atoms with Gasteiger partial charge in [0.15, 0.2) is 0 Å². The van der Waals surface area contributed by atoms with Crippen LogP contribution in [-0.2, 0) is 6.54 Å². The minimum absolute atomic E-state index is 0.0477. The number of anilines is 1. The van der Waals surface area contributed by atoms with Gasteiger partial charge in [0.25, 0.3) is 0 Å². The van der Waals surface area contributed by atoms with Gasteiger partial charge in [0.05, 0.1) is 6.10 Å². The molecular weight excluding hydrogens is 278 g/mol.